The van der Waals surface area contributed by atoms with E-state index in [9.17, 15) is 0 Å². The van der Waals surface area contributed by atoms with Gasteiger partial charge in [-0.3, -0.25) is 0 Å². The first-order chi connectivity index (χ1) is 16.0. The van der Waals surface area contributed by atoms with Crippen molar-refractivity contribution in [2.24, 2.45) is 23.7 Å². The zero-order chi connectivity index (χ0) is 22.7. The summed E-state index contributed by atoms with van der Waals surface area (Å²) in [5, 5.41) is 4.86. The van der Waals surface area contributed by atoms with E-state index >= 15 is 0 Å². The van der Waals surface area contributed by atoms with Crippen LogP contribution in [0, 0.1) is 23.7 Å². The molecule has 1 spiro atoms. The van der Waals surface area contributed by atoms with Crippen LogP contribution in [0.1, 0.15) is 50.7 Å². The third-order valence-electron chi connectivity index (χ3n) is 8.99. The molecule has 3 aliphatic carbocycles. The number of rotatable bonds is 0. The maximum atomic E-state index is 4.62. The molecule has 0 radical (unpaired) electrons. The third-order valence-corrected chi connectivity index (χ3v) is 8.99. The van der Waals surface area contributed by atoms with E-state index < -0.39 is 0 Å². The summed E-state index contributed by atoms with van der Waals surface area (Å²) in [5.41, 5.74) is 5.89. The smallest absolute Gasteiger partial charge is 0.0269 e. The van der Waals surface area contributed by atoms with Gasteiger partial charge in [-0.2, -0.15) is 0 Å². The van der Waals surface area contributed by atoms with Crippen LogP contribution in [-0.4, -0.2) is 0 Å². The van der Waals surface area contributed by atoms with Crippen molar-refractivity contribution in [1.82, 2.24) is 0 Å². The minimum atomic E-state index is 0.0519. The van der Waals surface area contributed by atoms with Crippen molar-refractivity contribution < 1.29 is 0 Å². The Balaban J connectivity index is 1.81. The minimum absolute atomic E-state index is 0.0519. The molecular formula is C33H34. The van der Waals surface area contributed by atoms with E-state index in [1.807, 2.05) is 0 Å². The van der Waals surface area contributed by atoms with Gasteiger partial charge in [-0.1, -0.05) is 99.8 Å². The Morgan fingerprint density at radius 1 is 0.697 bits per heavy atom. The van der Waals surface area contributed by atoms with Gasteiger partial charge >= 0.3 is 0 Å². The second-order valence-corrected chi connectivity index (χ2v) is 11.0. The van der Waals surface area contributed by atoms with E-state index in [2.05, 4.69) is 99.8 Å². The Bertz CT molecular complexity index is 1410. The highest BCUT2D eigenvalue weighted by Crippen LogP contribution is 2.64. The lowest BCUT2D eigenvalue weighted by molar-refractivity contribution is 0.0426. The molecule has 166 valence electrons. The summed E-state index contributed by atoms with van der Waals surface area (Å²) in [6.45, 7) is 13.9. The van der Waals surface area contributed by atoms with E-state index in [0.717, 1.165) is 22.3 Å². The van der Waals surface area contributed by atoms with Gasteiger partial charge in [0.05, 0.1) is 0 Å². The maximum Gasteiger partial charge on any atom is 0.0269 e. The molecule has 0 heteroatoms. The third kappa shape index (κ3) is 2.96. The van der Waals surface area contributed by atoms with Gasteiger partial charge in [0.2, 0.25) is 0 Å². The van der Waals surface area contributed by atoms with Gasteiger partial charge in [0, 0.05) is 5.41 Å². The van der Waals surface area contributed by atoms with E-state index in [1.54, 1.807) is 5.56 Å². The standard InChI is InChI=1S/C33H34/c1-21-9-5-6-10-23(3)31-29(15-13-21)33(24(4)19-25-17-22(2)18-27(33)20-25)30-16-14-26-11-7-8-12-28(26)32(30)31/h5-16,22,24-25,27H,1,3,17-20H2,2,4H3. The predicted molar refractivity (Wildman–Crippen MR) is 142 cm³/mol. The van der Waals surface area contributed by atoms with Gasteiger partial charge in [0.15, 0.2) is 0 Å². The summed E-state index contributed by atoms with van der Waals surface area (Å²) in [7, 11) is 0. The molecule has 0 nitrogen and oxygen atoms in total. The fourth-order valence-electron chi connectivity index (χ4n) is 7.98. The second kappa shape index (κ2) is 7.59. The van der Waals surface area contributed by atoms with Gasteiger partial charge in [-0.15, -0.1) is 0 Å². The Morgan fingerprint density at radius 2 is 1.42 bits per heavy atom. The fraction of sp³-hybridized carbons (Fsp3) is 0.333. The normalized spacial score (nSPS) is 29.4. The van der Waals surface area contributed by atoms with Gasteiger partial charge in [-0.25, -0.2) is 0 Å². The second-order valence-electron chi connectivity index (χ2n) is 11.0. The van der Waals surface area contributed by atoms with Crippen LogP contribution in [0.4, 0.5) is 0 Å². The average Bonchev–Trinajstić information content (AvgIpc) is 3.10. The van der Waals surface area contributed by atoms with E-state index in [-0.39, 0.29) is 5.41 Å². The molecule has 3 aromatic rings. The van der Waals surface area contributed by atoms with Crippen molar-refractivity contribution in [3.05, 3.63) is 94.4 Å². The molecule has 0 N–H and O–H groups in total. The zero-order valence-corrected chi connectivity index (χ0v) is 20.0. The molecule has 6 rings (SSSR count). The fourth-order valence-corrected chi connectivity index (χ4v) is 7.98. The van der Waals surface area contributed by atoms with Crippen LogP contribution in [0.15, 0.2) is 72.8 Å². The number of hydrogen-bond acceptors (Lipinski definition) is 0. The summed E-state index contributed by atoms with van der Waals surface area (Å²) >= 11 is 0. The molecule has 2 saturated carbocycles. The molecule has 2 bridgehead atoms. The number of fused-ring (bicyclic) bond motifs is 10. The molecule has 3 aromatic carbocycles. The minimum Gasteiger partial charge on any atom is -0.0918 e. The van der Waals surface area contributed by atoms with Crippen LogP contribution in [0.3, 0.4) is 0 Å². The van der Waals surface area contributed by atoms with Crippen LogP contribution >= 0.6 is 0 Å². The highest BCUT2D eigenvalue weighted by molar-refractivity contribution is 6.02. The average molecular weight is 431 g/mol. The van der Waals surface area contributed by atoms with Crippen molar-refractivity contribution in [3.8, 4) is 11.1 Å². The highest BCUT2D eigenvalue weighted by atomic mass is 14.6. The topological polar surface area (TPSA) is 0 Å². The Labute approximate surface area is 198 Å². The van der Waals surface area contributed by atoms with Gasteiger partial charge in [-0.05, 0) is 92.8 Å². The largest absolute Gasteiger partial charge is 0.0918 e. The zero-order valence-electron chi connectivity index (χ0n) is 20.0. The quantitative estimate of drug-likeness (QED) is 0.355. The van der Waals surface area contributed by atoms with E-state index in [1.165, 1.54) is 53.1 Å². The maximum absolute atomic E-state index is 4.62. The van der Waals surface area contributed by atoms with E-state index in [4.69, 9.17) is 0 Å². The summed E-state index contributed by atoms with van der Waals surface area (Å²) in [6, 6.07) is 26.9. The Kier molecular flexibility index (Phi) is 4.77. The molecular weight excluding hydrogens is 396 g/mol. The molecule has 0 aromatic heterocycles. The summed E-state index contributed by atoms with van der Waals surface area (Å²) in [4.78, 5) is 0. The van der Waals surface area contributed by atoms with Crippen molar-refractivity contribution in [2.75, 3.05) is 0 Å². The lowest BCUT2D eigenvalue weighted by Gasteiger charge is -2.54. The highest BCUT2D eigenvalue weighted by Gasteiger charge is 2.56. The molecule has 2 fully saturated rings. The molecule has 0 saturated heterocycles. The SMILES string of the molecule is C=c1ccccc(=C)c2c(cc1)C1(c3ccc4ccccc4c3-2)C(C)CC2CC(C)CC1C2. The monoisotopic (exact) mass is 430 g/mol. The van der Waals surface area contributed by atoms with Crippen molar-refractivity contribution in [3.63, 3.8) is 0 Å². The van der Waals surface area contributed by atoms with Gasteiger partial charge in [0.1, 0.15) is 0 Å². The molecule has 3 aliphatic rings. The lowest BCUT2D eigenvalue weighted by Crippen LogP contribution is -2.49. The van der Waals surface area contributed by atoms with Crippen molar-refractivity contribution >= 4 is 23.9 Å². The molecule has 0 amide bonds. The van der Waals surface area contributed by atoms with Crippen LogP contribution in [0.25, 0.3) is 35.1 Å². The first kappa shape index (κ1) is 20.7. The summed E-state index contributed by atoms with van der Waals surface area (Å²) in [6.07, 6.45) is 5.40. The molecule has 5 unspecified atom stereocenters. The first-order valence-corrected chi connectivity index (χ1v) is 12.7. The van der Waals surface area contributed by atoms with Crippen LogP contribution < -0.4 is 10.4 Å². The lowest BCUT2D eigenvalue weighted by atomic mass is 9.49. The number of benzene rings is 2. The molecule has 0 heterocycles. The van der Waals surface area contributed by atoms with Crippen LogP contribution in [0.2, 0.25) is 0 Å². The predicted octanol–water partition coefficient (Wildman–Crippen LogP) is 7.14. The van der Waals surface area contributed by atoms with Gasteiger partial charge in [0.25, 0.3) is 0 Å². The van der Waals surface area contributed by atoms with Crippen molar-refractivity contribution in [1.29, 1.82) is 0 Å². The van der Waals surface area contributed by atoms with Crippen molar-refractivity contribution in [2.45, 2.75) is 44.9 Å². The van der Waals surface area contributed by atoms with Crippen LogP contribution in [0.5, 0.6) is 0 Å². The number of hydrogen-bond donors (Lipinski definition) is 0. The summed E-state index contributed by atoms with van der Waals surface area (Å²) in [5.74, 6) is 2.96. The van der Waals surface area contributed by atoms with Gasteiger partial charge < -0.3 is 0 Å². The Morgan fingerprint density at radius 3 is 2.30 bits per heavy atom. The van der Waals surface area contributed by atoms with E-state index in [0.29, 0.717) is 11.8 Å². The summed E-state index contributed by atoms with van der Waals surface area (Å²) < 4.78 is 0. The Hall–Kier alpha value is -2.86. The molecule has 33 heavy (non-hydrogen) atoms. The van der Waals surface area contributed by atoms with Crippen LogP contribution in [-0.2, 0) is 5.41 Å². The molecule has 0 aliphatic heterocycles. The molecule has 5 atom stereocenters. The first-order valence-electron chi connectivity index (χ1n) is 12.7.